The highest BCUT2D eigenvalue weighted by Gasteiger charge is 2.32. The second kappa shape index (κ2) is 9.93. The molecule has 29 heavy (non-hydrogen) atoms. The number of nitrogens with zero attached hydrogens (tertiary/aromatic N) is 1. The van der Waals surface area contributed by atoms with Gasteiger partial charge in [-0.1, -0.05) is 30.3 Å². The first-order valence-corrected chi connectivity index (χ1v) is 9.62. The largest absolute Gasteiger partial charge is 0.508 e. The van der Waals surface area contributed by atoms with Crippen LogP contribution >= 0.6 is 0 Å². The molecule has 1 fully saturated rings. The molecule has 0 unspecified atom stereocenters. The monoisotopic (exact) mass is 398 g/mol. The number of phenolic OH excluding ortho intramolecular Hbond substituents is 1. The lowest BCUT2D eigenvalue weighted by Gasteiger charge is -2.37. The van der Waals surface area contributed by atoms with Crippen LogP contribution in [0, 0.1) is 5.92 Å². The Balaban J connectivity index is 1.47. The number of carbonyl (C=O) groups excluding carboxylic acids is 2. The fourth-order valence-corrected chi connectivity index (χ4v) is 3.38. The molecule has 1 aliphatic heterocycles. The number of nitrogens with one attached hydrogen (secondary N) is 1. The van der Waals surface area contributed by atoms with E-state index >= 15 is 0 Å². The SMILES string of the molecule is CO[C@H]1CN(C(=O)OCc2ccccc2)CC[C@H]1CNC(=O)c1ccc(O)cc1. The maximum atomic E-state index is 12.4. The maximum absolute atomic E-state index is 12.4. The molecule has 0 saturated carbocycles. The molecule has 2 amide bonds. The van der Waals surface area contributed by atoms with Crippen molar-refractivity contribution in [2.24, 2.45) is 5.92 Å². The third kappa shape index (κ3) is 5.71. The van der Waals surface area contributed by atoms with E-state index in [2.05, 4.69) is 5.32 Å². The van der Waals surface area contributed by atoms with Gasteiger partial charge in [-0.05, 0) is 36.2 Å². The standard InChI is InChI=1S/C22H26N2O5/c1-28-20-14-24(22(27)29-15-16-5-3-2-4-6-16)12-11-18(20)13-23-21(26)17-7-9-19(25)10-8-17/h2-10,18,20,25H,11-15H2,1H3,(H,23,26)/t18-,20-/m0/s1. The highest BCUT2D eigenvalue weighted by atomic mass is 16.6. The van der Waals surface area contributed by atoms with Gasteiger partial charge in [-0.2, -0.15) is 0 Å². The summed E-state index contributed by atoms with van der Waals surface area (Å²) in [5, 5.41) is 12.2. The molecule has 2 atom stereocenters. The first kappa shape index (κ1) is 20.7. The van der Waals surface area contributed by atoms with Crippen LogP contribution in [0.1, 0.15) is 22.3 Å². The smallest absolute Gasteiger partial charge is 0.410 e. The van der Waals surface area contributed by atoms with E-state index in [0.29, 0.717) is 31.6 Å². The number of likely N-dealkylation sites (tertiary alicyclic amines) is 1. The normalized spacial score (nSPS) is 18.9. The summed E-state index contributed by atoms with van der Waals surface area (Å²) in [7, 11) is 1.61. The van der Waals surface area contributed by atoms with Gasteiger partial charge in [0.2, 0.25) is 0 Å². The van der Waals surface area contributed by atoms with Gasteiger partial charge in [-0.15, -0.1) is 0 Å². The number of benzene rings is 2. The molecule has 0 aromatic heterocycles. The van der Waals surface area contributed by atoms with Gasteiger partial charge in [0.1, 0.15) is 12.4 Å². The van der Waals surface area contributed by atoms with Crippen LogP contribution in [0.25, 0.3) is 0 Å². The molecule has 2 aromatic carbocycles. The fourth-order valence-electron chi connectivity index (χ4n) is 3.38. The second-order valence-corrected chi connectivity index (χ2v) is 7.07. The van der Waals surface area contributed by atoms with E-state index in [9.17, 15) is 14.7 Å². The lowest BCUT2D eigenvalue weighted by Crippen LogP contribution is -2.50. The molecule has 2 aromatic rings. The van der Waals surface area contributed by atoms with Crippen LogP contribution in [0.4, 0.5) is 4.79 Å². The summed E-state index contributed by atoms with van der Waals surface area (Å²) in [4.78, 5) is 26.3. The Labute approximate surface area is 170 Å². The number of methoxy groups -OCH3 is 1. The molecule has 1 saturated heterocycles. The Morgan fingerprint density at radius 1 is 1.14 bits per heavy atom. The number of phenols is 1. The Morgan fingerprint density at radius 2 is 1.86 bits per heavy atom. The number of carbonyl (C=O) groups is 2. The molecule has 1 aliphatic rings. The van der Waals surface area contributed by atoms with E-state index in [4.69, 9.17) is 9.47 Å². The summed E-state index contributed by atoms with van der Waals surface area (Å²) in [6.07, 6.45) is 0.157. The topological polar surface area (TPSA) is 88.1 Å². The third-order valence-corrected chi connectivity index (χ3v) is 5.12. The predicted octanol–water partition coefficient (Wildman–Crippen LogP) is 2.80. The first-order chi connectivity index (χ1) is 14.1. The summed E-state index contributed by atoms with van der Waals surface area (Å²) in [6, 6.07) is 15.7. The van der Waals surface area contributed by atoms with Gasteiger partial charge in [0, 0.05) is 31.7 Å². The second-order valence-electron chi connectivity index (χ2n) is 7.07. The number of hydrogen-bond acceptors (Lipinski definition) is 5. The molecule has 7 nitrogen and oxygen atoms in total. The molecular formula is C22H26N2O5. The molecule has 0 spiro atoms. The van der Waals surface area contributed by atoms with Gasteiger partial charge in [0.15, 0.2) is 0 Å². The van der Waals surface area contributed by atoms with Crippen molar-refractivity contribution in [1.82, 2.24) is 10.2 Å². The minimum Gasteiger partial charge on any atom is -0.508 e. The number of piperidine rings is 1. The summed E-state index contributed by atoms with van der Waals surface area (Å²) in [6.45, 7) is 1.65. The van der Waals surface area contributed by atoms with Crippen LogP contribution in [-0.2, 0) is 16.1 Å². The minimum absolute atomic E-state index is 0.0965. The van der Waals surface area contributed by atoms with Crippen molar-refractivity contribution < 1.29 is 24.2 Å². The third-order valence-electron chi connectivity index (χ3n) is 5.12. The molecule has 0 aliphatic carbocycles. The van der Waals surface area contributed by atoms with E-state index in [1.165, 1.54) is 12.1 Å². The van der Waals surface area contributed by atoms with Gasteiger partial charge < -0.3 is 24.8 Å². The van der Waals surface area contributed by atoms with Crippen LogP contribution < -0.4 is 5.32 Å². The summed E-state index contributed by atoms with van der Waals surface area (Å²) >= 11 is 0. The quantitative estimate of drug-likeness (QED) is 0.781. The number of hydrogen-bond donors (Lipinski definition) is 2. The predicted molar refractivity (Wildman–Crippen MR) is 108 cm³/mol. The van der Waals surface area contributed by atoms with Crippen LogP contribution in [0.3, 0.4) is 0 Å². The lowest BCUT2D eigenvalue weighted by molar-refractivity contribution is -0.0122. The van der Waals surface area contributed by atoms with Crippen molar-refractivity contribution in [3.05, 3.63) is 65.7 Å². The van der Waals surface area contributed by atoms with Crippen molar-refractivity contribution in [2.75, 3.05) is 26.7 Å². The molecule has 1 heterocycles. The van der Waals surface area contributed by atoms with E-state index in [1.807, 2.05) is 30.3 Å². The van der Waals surface area contributed by atoms with Gasteiger partial charge >= 0.3 is 6.09 Å². The van der Waals surface area contributed by atoms with Crippen LogP contribution in [0.15, 0.2) is 54.6 Å². The first-order valence-electron chi connectivity index (χ1n) is 9.62. The van der Waals surface area contributed by atoms with Crippen molar-refractivity contribution >= 4 is 12.0 Å². The fraction of sp³-hybridized carbons (Fsp3) is 0.364. The van der Waals surface area contributed by atoms with Gasteiger partial charge in [0.05, 0.1) is 12.6 Å². The van der Waals surface area contributed by atoms with Crippen molar-refractivity contribution in [3.8, 4) is 5.75 Å². The summed E-state index contributed by atoms with van der Waals surface area (Å²) < 4.78 is 11.0. The Hall–Kier alpha value is -3.06. The molecule has 0 radical (unpaired) electrons. The van der Waals surface area contributed by atoms with Crippen LogP contribution in [0.5, 0.6) is 5.75 Å². The average Bonchev–Trinajstić information content (AvgIpc) is 2.76. The van der Waals surface area contributed by atoms with Crippen LogP contribution in [0.2, 0.25) is 0 Å². The molecule has 0 bridgehead atoms. The number of ether oxygens (including phenoxy) is 2. The molecule has 3 rings (SSSR count). The average molecular weight is 398 g/mol. The van der Waals surface area contributed by atoms with E-state index < -0.39 is 0 Å². The number of aromatic hydroxyl groups is 1. The zero-order valence-corrected chi connectivity index (χ0v) is 16.4. The Kier molecular flexibility index (Phi) is 7.08. The maximum Gasteiger partial charge on any atom is 0.410 e. The van der Waals surface area contributed by atoms with E-state index in [1.54, 1.807) is 24.1 Å². The zero-order valence-electron chi connectivity index (χ0n) is 16.4. The highest BCUT2D eigenvalue weighted by molar-refractivity contribution is 5.94. The molecule has 2 N–H and O–H groups in total. The van der Waals surface area contributed by atoms with Crippen molar-refractivity contribution in [3.63, 3.8) is 0 Å². The summed E-state index contributed by atoms with van der Waals surface area (Å²) in [5.74, 6) is 0.0105. The zero-order chi connectivity index (χ0) is 20.6. The number of rotatable bonds is 6. The van der Waals surface area contributed by atoms with Crippen molar-refractivity contribution in [1.29, 1.82) is 0 Å². The molecular weight excluding hydrogens is 372 g/mol. The molecule has 7 heteroatoms. The van der Waals surface area contributed by atoms with Crippen molar-refractivity contribution in [2.45, 2.75) is 19.1 Å². The van der Waals surface area contributed by atoms with Gasteiger partial charge in [-0.3, -0.25) is 4.79 Å². The number of amides is 2. The summed E-state index contributed by atoms with van der Waals surface area (Å²) in [5.41, 5.74) is 1.43. The van der Waals surface area contributed by atoms with E-state index in [0.717, 1.165) is 5.56 Å². The Bertz CT molecular complexity index is 810. The molecule has 154 valence electrons. The lowest BCUT2D eigenvalue weighted by atomic mass is 9.93. The Morgan fingerprint density at radius 3 is 2.55 bits per heavy atom. The minimum atomic E-state index is -0.359. The van der Waals surface area contributed by atoms with Crippen LogP contribution in [-0.4, -0.2) is 54.9 Å². The van der Waals surface area contributed by atoms with Gasteiger partial charge in [0.25, 0.3) is 5.91 Å². The van der Waals surface area contributed by atoms with E-state index in [-0.39, 0.29) is 36.4 Å². The van der Waals surface area contributed by atoms with Gasteiger partial charge in [-0.25, -0.2) is 4.79 Å². The highest BCUT2D eigenvalue weighted by Crippen LogP contribution is 2.21.